The van der Waals surface area contributed by atoms with E-state index in [0.29, 0.717) is 24.1 Å². The van der Waals surface area contributed by atoms with Gasteiger partial charge in [0.15, 0.2) is 0 Å². The SMILES string of the molecule is CCOc1ccc(NC(=O)Nc2ccc3oc(=O)cc(C(F)(F)F)c3c2)cc1. The molecular formula is C19H15F3N2O4. The number of ether oxygens (including phenoxy) is 1. The summed E-state index contributed by atoms with van der Waals surface area (Å²) in [5.74, 6) is 0.643. The summed E-state index contributed by atoms with van der Waals surface area (Å²) in [6, 6.07) is 9.96. The summed E-state index contributed by atoms with van der Waals surface area (Å²) in [4.78, 5) is 23.4. The molecule has 1 aromatic heterocycles. The van der Waals surface area contributed by atoms with E-state index in [1.807, 2.05) is 6.92 Å². The van der Waals surface area contributed by atoms with E-state index < -0.39 is 23.4 Å². The van der Waals surface area contributed by atoms with Crippen molar-refractivity contribution in [3.63, 3.8) is 0 Å². The molecule has 0 saturated heterocycles. The van der Waals surface area contributed by atoms with Crippen molar-refractivity contribution in [1.29, 1.82) is 0 Å². The van der Waals surface area contributed by atoms with Crippen LogP contribution < -0.4 is 21.0 Å². The van der Waals surface area contributed by atoms with Crippen molar-refractivity contribution in [2.24, 2.45) is 0 Å². The number of urea groups is 1. The third-order valence-electron chi connectivity index (χ3n) is 3.73. The van der Waals surface area contributed by atoms with Gasteiger partial charge in [-0.3, -0.25) is 0 Å². The molecule has 0 unspecified atom stereocenters. The molecule has 146 valence electrons. The van der Waals surface area contributed by atoms with E-state index >= 15 is 0 Å². The van der Waals surface area contributed by atoms with E-state index in [-0.39, 0.29) is 16.7 Å². The Morgan fingerprint density at radius 1 is 1.04 bits per heavy atom. The highest BCUT2D eigenvalue weighted by atomic mass is 19.4. The number of alkyl halides is 3. The van der Waals surface area contributed by atoms with Gasteiger partial charge in [0.05, 0.1) is 12.2 Å². The Morgan fingerprint density at radius 3 is 2.32 bits per heavy atom. The Balaban J connectivity index is 1.81. The Kier molecular flexibility index (Phi) is 5.25. The average molecular weight is 392 g/mol. The second kappa shape index (κ2) is 7.63. The highest BCUT2D eigenvalue weighted by molar-refractivity contribution is 6.01. The van der Waals surface area contributed by atoms with Crippen molar-refractivity contribution in [1.82, 2.24) is 0 Å². The van der Waals surface area contributed by atoms with Crippen molar-refractivity contribution < 1.29 is 27.1 Å². The van der Waals surface area contributed by atoms with Crippen LogP contribution in [0.25, 0.3) is 11.0 Å². The summed E-state index contributed by atoms with van der Waals surface area (Å²) in [5.41, 5.74) is -1.88. The molecule has 1 heterocycles. The van der Waals surface area contributed by atoms with Gasteiger partial charge in [-0.15, -0.1) is 0 Å². The second-order valence-electron chi connectivity index (χ2n) is 5.72. The maximum atomic E-state index is 13.2. The Bertz CT molecular complexity index is 1060. The zero-order chi connectivity index (χ0) is 20.3. The Morgan fingerprint density at radius 2 is 1.68 bits per heavy atom. The summed E-state index contributed by atoms with van der Waals surface area (Å²) in [5, 5.41) is 4.68. The molecule has 0 aliphatic heterocycles. The fraction of sp³-hybridized carbons (Fsp3) is 0.158. The van der Waals surface area contributed by atoms with Crippen molar-refractivity contribution in [3.05, 3.63) is 64.5 Å². The maximum absolute atomic E-state index is 13.2. The number of benzene rings is 2. The predicted molar refractivity (Wildman–Crippen MR) is 97.7 cm³/mol. The van der Waals surface area contributed by atoms with Gasteiger partial charge >= 0.3 is 17.8 Å². The summed E-state index contributed by atoms with van der Waals surface area (Å²) in [6.45, 7) is 2.35. The van der Waals surface area contributed by atoms with Crippen molar-refractivity contribution in [2.45, 2.75) is 13.1 Å². The lowest BCUT2D eigenvalue weighted by Gasteiger charge is -2.12. The van der Waals surface area contributed by atoms with Gasteiger partial charge in [0.2, 0.25) is 0 Å². The summed E-state index contributed by atoms with van der Waals surface area (Å²) >= 11 is 0. The molecule has 3 aromatic rings. The average Bonchev–Trinajstić information content (AvgIpc) is 2.62. The van der Waals surface area contributed by atoms with Crippen molar-refractivity contribution in [2.75, 3.05) is 17.2 Å². The molecule has 3 rings (SSSR count). The van der Waals surface area contributed by atoms with Crippen LogP contribution in [0.15, 0.2) is 57.7 Å². The lowest BCUT2D eigenvalue weighted by Crippen LogP contribution is -2.19. The fourth-order valence-corrected chi connectivity index (χ4v) is 2.57. The second-order valence-corrected chi connectivity index (χ2v) is 5.72. The molecule has 2 N–H and O–H groups in total. The van der Waals surface area contributed by atoms with Gasteiger partial charge in [0.25, 0.3) is 0 Å². The van der Waals surface area contributed by atoms with Crippen LogP contribution >= 0.6 is 0 Å². The molecule has 9 heteroatoms. The zero-order valence-corrected chi connectivity index (χ0v) is 14.6. The lowest BCUT2D eigenvalue weighted by molar-refractivity contribution is -0.136. The van der Waals surface area contributed by atoms with Crippen LogP contribution in [0, 0.1) is 0 Å². The molecule has 0 saturated carbocycles. The fourth-order valence-electron chi connectivity index (χ4n) is 2.57. The van der Waals surface area contributed by atoms with Gasteiger partial charge in [-0.2, -0.15) is 13.2 Å². The number of fused-ring (bicyclic) bond motifs is 1. The van der Waals surface area contributed by atoms with Gasteiger partial charge in [0, 0.05) is 22.8 Å². The van der Waals surface area contributed by atoms with Gasteiger partial charge in [-0.1, -0.05) is 0 Å². The van der Waals surface area contributed by atoms with Crippen molar-refractivity contribution in [3.8, 4) is 5.75 Å². The molecule has 0 aliphatic rings. The summed E-state index contributed by atoms with van der Waals surface area (Å²) in [7, 11) is 0. The molecule has 0 spiro atoms. The standard InChI is InChI=1S/C19H15F3N2O4/c1-2-27-13-6-3-11(4-7-13)23-18(26)24-12-5-8-16-14(9-12)15(19(20,21)22)10-17(25)28-16/h3-10H,2H2,1H3,(H2,23,24,26). The highest BCUT2D eigenvalue weighted by Gasteiger charge is 2.34. The maximum Gasteiger partial charge on any atom is 0.417 e. The Hall–Kier alpha value is -3.49. The third-order valence-corrected chi connectivity index (χ3v) is 3.73. The number of nitrogens with one attached hydrogen (secondary N) is 2. The molecule has 28 heavy (non-hydrogen) atoms. The number of amides is 2. The summed E-state index contributed by atoms with van der Waals surface area (Å²) < 4.78 is 49.6. The van der Waals surface area contributed by atoms with Gasteiger partial charge < -0.3 is 19.8 Å². The molecule has 6 nitrogen and oxygen atoms in total. The molecular weight excluding hydrogens is 377 g/mol. The number of hydrogen-bond donors (Lipinski definition) is 2. The van der Waals surface area contributed by atoms with E-state index in [1.54, 1.807) is 24.3 Å². The first kappa shape index (κ1) is 19.3. The number of rotatable bonds is 4. The van der Waals surface area contributed by atoms with Crippen LogP contribution in [0.2, 0.25) is 0 Å². The minimum Gasteiger partial charge on any atom is -0.494 e. The predicted octanol–water partition coefficient (Wildman–Crippen LogP) is 4.85. The molecule has 0 aliphatic carbocycles. The van der Waals surface area contributed by atoms with Crippen LogP contribution in [-0.2, 0) is 6.18 Å². The smallest absolute Gasteiger partial charge is 0.417 e. The topological polar surface area (TPSA) is 80.6 Å². The van der Waals surface area contributed by atoms with Crippen LogP contribution in [-0.4, -0.2) is 12.6 Å². The van der Waals surface area contributed by atoms with E-state index in [0.717, 1.165) is 6.07 Å². The van der Waals surface area contributed by atoms with Crippen LogP contribution in [0.3, 0.4) is 0 Å². The van der Waals surface area contributed by atoms with Crippen molar-refractivity contribution >= 4 is 28.4 Å². The number of hydrogen-bond acceptors (Lipinski definition) is 4. The molecule has 0 atom stereocenters. The molecule has 2 amide bonds. The first-order valence-electron chi connectivity index (χ1n) is 8.22. The highest BCUT2D eigenvalue weighted by Crippen LogP contribution is 2.34. The molecule has 2 aromatic carbocycles. The zero-order valence-electron chi connectivity index (χ0n) is 14.6. The largest absolute Gasteiger partial charge is 0.494 e. The van der Waals surface area contributed by atoms with Crippen LogP contribution in [0.1, 0.15) is 12.5 Å². The van der Waals surface area contributed by atoms with E-state index in [4.69, 9.17) is 9.15 Å². The molecule has 0 bridgehead atoms. The monoisotopic (exact) mass is 392 g/mol. The van der Waals surface area contributed by atoms with Gasteiger partial charge in [-0.25, -0.2) is 9.59 Å². The van der Waals surface area contributed by atoms with Crippen LogP contribution in [0.4, 0.5) is 29.3 Å². The molecule has 0 radical (unpaired) electrons. The minimum atomic E-state index is -4.74. The lowest BCUT2D eigenvalue weighted by atomic mass is 10.1. The first-order chi connectivity index (χ1) is 13.3. The number of carbonyl (C=O) groups is 1. The quantitative estimate of drug-likeness (QED) is 0.622. The van der Waals surface area contributed by atoms with Gasteiger partial charge in [-0.05, 0) is 49.4 Å². The normalized spacial score (nSPS) is 11.3. The number of halogens is 3. The molecule has 0 fully saturated rings. The number of carbonyl (C=O) groups excluding carboxylic acids is 1. The van der Waals surface area contributed by atoms with E-state index in [2.05, 4.69) is 10.6 Å². The summed E-state index contributed by atoms with van der Waals surface area (Å²) in [6.07, 6.45) is -4.74. The van der Waals surface area contributed by atoms with Crippen LogP contribution in [0.5, 0.6) is 5.75 Å². The number of anilines is 2. The first-order valence-corrected chi connectivity index (χ1v) is 8.22. The van der Waals surface area contributed by atoms with E-state index in [9.17, 15) is 22.8 Å². The minimum absolute atomic E-state index is 0.107. The third kappa shape index (κ3) is 4.43. The Labute approximate surface area is 156 Å². The van der Waals surface area contributed by atoms with Gasteiger partial charge in [0.1, 0.15) is 11.3 Å². The van der Waals surface area contributed by atoms with E-state index in [1.165, 1.54) is 12.1 Å².